The van der Waals surface area contributed by atoms with Crippen molar-refractivity contribution >= 4 is 45.9 Å². The molecule has 33 heavy (non-hydrogen) atoms. The maximum atomic E-state index is 12.7. The average molecular weight is 489 g/mol. The van der Waals surface area contributed by atoms with Gasteiger partial charge in [0.1, 0.15) is 15.7 Å². The number of nitrogens with one attached hydrogen (secondary N) is 1. The number of hydrogen-bond acceptors (Lipinski definition) is 9. The SMILES string of the molecule is CCn1c(Cc2ccccc2)nnc1SCC(=O)Nc1sc(C(=O)OC)c(C)c1C(=O)OC. The number of ether oxygens (including phenoxy) is 2. The van der Waals surface area contributed by atoms with Crippen LogP contribution in [0.2, 0.25) is 0 Å². The summed E-state index contributed by atoms with van der Waals surface area (Å²) in [6, 6.07) is 9.96. The van der Waals surface area contributed by atoms with Crippen molar-refractivity contribution in [2.24, 2.45) is 0 Å². The molecule has 1 aromatic carbocycles. The molecule has 2 heterocycles. The van der Waals surface area contributed by atoms with Crippen LogP contribution < -0.4 is 5.32 Å². The smallest absolute Gasteiger partial charge is 0.348 e. The molecule has 2 aromatic heterocycles. The number of hydrogen-bond donors (Lipinski definition) is 1. The molecule has 0 saturated heterocycles. The van der Waals surface area contributed by atoms with Crippen LogP contribution in [0.25, 0.3) is 0 Å². The number of nitrogens with zero attached hydrogens (tertiary/aromatic N) is 3. The highest BCUT2D eigenvalue weighted by molar-refractivity contribution is 7.99. The van der Waals surface area contributed by atoms with Gasteiger partial charge in [0.25, 0.3) is 0 Å². The number of benzene rings is 1. The molecule has 0 aliphatic rings. The van der Waals surface area contributed by atoms with Crippen LogP contribution in [-0.2, 0) is 27.2 Å². The number of rotatable bonds is 9. The van der Waals surface area contributed by atoms with E-state index in [9.17, 15) is 14.4 Å². The van der Waals surface area contributed by atoms with Gasteiger partial charge in [-0.25, -0.2) is 9.59 Å². The predicted molar refractivity (Wildman–Crippen MR) is 126 cm³/mol. The number of amides is 1. The number of thioether (sulfide) groups is 1. The molecular weight excluding hydrogens is 464 g/mol. The largest absolute Gasteiger partial charge is 0.465 e. The second-order valence-electron chi connectivity index (χ2n) is 6.89. The molecule has 0 saturated carbocycles. The van der Waals surface area contributed by atoms with Crippen molar-refractivity contribution in [2.75, 3.05) is 25.3 Å². The molecule has 0 bridgehead atoms. The van der Waals surface area contributed by atoms with Gasteiger partial charge in [0, 0.05) is 13.0 Å². The number of esters is 2. The summed E-state index contributed by atoms with van der Waals surface area (Å²) < 4.78 is 11.5. The minimum atomic E-state index is -0.641. The van der Waals surface area contributed by atoms with Gasteiger partial charge >= 0.3 is 11.9 Å². The van der Waals surface area contributed by atoms with Gasteiger partial charge in [-0.1, -0.05) is 42.1 Å². The fraction of sp³-hybridized carbons (Fsp3) is 0.318. The summed E-state index contributed by atoms with van der Waals surface area (Å²) in [6.07, 6.45) is 0.641. The summed E-state index contributed by atoms with van der Waals surface area (Å²) in [4.78, 5) is 37.1. The van der Waals surface area contributed by atoms with Crippen LogP contribution in [0.3, 0.4) is 0 Å². The van der Waals surface area contributed by atoms with Crippen LogP contribution in [0.15, 0.2) is 35.5 Å². The third kappa shape index (κ3) is 5.60. The molecule has 3 aromatic rings. The van der Waals surface area contributed by atoms with Crippen molar-refractivity contribution in [1.29, 1.82) is 0 Å². The quantitative estimate of drug-likeness (QED) is 0.359. The Morgan fingerprint density at radius 2 is 1.79 bits per heavy atom. The van der Waals surface area contributed by atoms with Gasteiger partial charge in [0.15, 0.2) is 5.16 Å². The van der Waals surface area contributed by atoms with E-state index in [4.69, 9.17) is 9.47 Å². The molecule has 174 valence electrons. The Kier molecular flexibility index (Phi) is 8.23. The van der Waals surface area contributed by atoms with Gasteiger partial charge in [-0.2, -0.15) is 0 Å². The molecule has 0 aliphatic heterocycles. The maximum Gasteiger partial charge on any atom is 0.348 e. The molecule has 0 unspecified atom stereocenters. The van der Waals surface area contributed by atoms with E-state index >= 15 is 0 Å². The van der Waals surface area contributed by atoms with Gasteiger partial charge in [0.2, 0.25) is 5.91 Å². The molecule has 0 fully saturated rings. The zero-order valence-corrected chi connectivity index (χ0v) is 20.3. The average Bonchev–Trinajstić information content (AvgIpc) is 3.36. The van der Waals surface area contributed by atoms with E-state index in [0.29, 0.717) is 23.7 Å². The lowest BCUT2D eigenvalue weighted by Gasteiger charge is -2.08. The fourth-order valence-electron chi connectivity index (χ4n) is 3.18. The molecule has 0 spiro atoms. The summed E-state index contributed by atoms with van der Waals surface area (Å²) in [5.74, 6) is -0.707. The van der Waals surface area contributed by atoms with Crippen molar-refractivity contribution < 1.29 is 23.9 Å². The monoisotopic (exact) mass is 488 g/mol. The van der Waals surface area contributed by atoms with Gasteiger partial charge in [-0.15, -0.1) is 21.5 Å². The van der Waals surface area contributed by atoms with Crippen molar-refractivity contribution in [3.8, 4) is 0 Å². The van der Waals surface area contributed by atoms with Crippen LogP contribution in [0.4, 0.5) is 5.00 Å². The standard InChI is InChI=1S/C22H24N4O5S2/c1-5-26-15(11-14-9-7-6-8-10-14)24-25-22(26)32-12-16(27)23-19-17(20(28)30-3)13(2)18(33-19)21(29)31-4/h6-10H,5,11-12H2,1-4H3,(H,23,27). The zero-order valence-electron chi connectivity index (χ0n) is 18.7. The second-order valence-corrected chi connectivity index (χ2v) is 8.85. The van der Waals surface area contributed by atoms with Crippen molar-refractivity contribution in [3.63, 3.8) is 0 Å². The zero-order chi connectivity index (χ0) is 24.0. The fourth-order valence-corrected chi connectivity index (χ4v) is 5.13. The number of carbonyl (C=O) groups excluding carboxylic acids is 3. The summed E-state index contributed by atoms with van der Waals surface area (Å²) >= 11 is 2.22. The number of thiophene rings is 1. The van der Waals surface area contributed by atoms with Crippen LogP contribution in [0, 0.1) is 6.92 Å². The molecule has 0 atom stereocenters. The molecule has 11 heteroatoms. The Balaban J connectivity index is 1.72. The van der Waals surface area contributed by atoms with E-state index in [2.05, 4.69) is 15.5 Å². The van der Waals surface area contributed by atoms with E-state index in [-0.39, 0.29) is 27.1 Å². The number of aromatic nitrogens is 3. The van der Waals surface area contributed by atoms with Gasteiger partial charge < -0.3 is 19.4 Å². The first-order valence-electron chi connectivity index (χ1n) is 10.1. The summed E-state index contributed by atoms with van der Waals surface area (Å²) in [7, 11) is 2.49. The maximum absolute atomic E-state index is 12.7. The molecule has 1 N–H and O–H groups in total. The normalized spacial score (nSPS) is 10.7. The lowest BCUT2D eigenvalue weighted by atomic mass is 10.1. The first kappa shape index (κ1) is 24.5. The Bertz CT molecular complexity index is 1160. The van der Waals surface area contributed by atoms with Crippen LogP contribution in [0.5, 0.6) is 0 Å². The van der Waals surface area contributed by atoms with Gasteiger partial charge in [-0.05, 0) is 25.0 Å². The van der Waals surface area contributed by atoms with Crippen LogP contribution in [-0.4, -0.2) is 52.6 Å². The Morgan fingerprint density at radius 1 is 1.09 bits per heavy atom. The first-order valence-corrected chi connectivity index (χ1v) is 11.9. The Hall–Kier alpha value is -3.18. The minimum absolute atomic E-state index is 0.0502. The summed E-state index contributed by atoms with van der Waals surface area (Å²) in [5, 5.41) is 12.1. The Labute approximate surface area is 199 Å². The highest BCUT2D eigenvalue weighted by Crippen LogP contribution is 2.34. The number of anilines is 1. The number of carbonyl (C=O) groups is 3. The van der Waals surface area contributed by atoms with Crippen LogP contribution in [0.1, 0.15) is 43.9 Å². The minimum Gasteiger partial charge on any atom is -0.465 e. The van der Waals surface area contributed by atoms with E-state index < -0.39 is 11.9 Å². The van der Waals surface area contributed by atoms with Crippen LogP contribution >= 0.6 is 23.1 Å². The van der Waals surface area contributed by atoms with E-state index in [0.717, 1.165) is 22.7 Å². The molecular formula is C22H24N4O5S2. The lowest BCUT2D eigenvalue weighted by molar-refractivity contribution is -0.113. The highest BCUT2D eigenvalue weighted by Gasteiger charge is 2.27. The molecule has 9 nitrogen and oxygen atoms in total. The van der Waals surface area contributed by atoms with Crippen molar-refractivity contribution in [3.05, 3.63) is 57.7 Å². The van der Waals surface area contributed by atoms with E-state index in [1.807, 2.05) is 41.8 Å². The third-order valence-corrected chi connectivity index (χ3v) is 6.96. The molecule has 1 amide bonds. The third-order valence-electron chi connectivity index (χ3n) is 4.81. The molecule has 3 rings (SSSR count). The molecule has 0 aliphatic carbocycles. The van der Waals surface area contributed by atoms with E-state index in [1.165, 1.54) is 26.0 Å². The first-order chi connectivity index (χ1) is 15.9. The summed E-state index contributed by atoms with van der Waals surface area (Å²) in [6.45, 7) is 4.27. The van der Waals surface area contributed by atoms with Crippen molar-refractivity contribution in [2.45, 2.75) is 32.0 Å². The topological polar surface area (TPSA) is 112 Å². The Morgan fingerprint density at radius 3 is 2.42 bits per heavy atom. The van der Waals surface area contributed by atoms with Crippen molar-refractivity contribution in [1.82, 2.24) is 14.8 Å². The predicted octanol–water partition coefficient (Wildman–Crippen LogP) is 3.56. The van der Waals surface area contributed by atoms with Gasteiger partial charge in [0.05, 0.1) is 25.5 Å². The highest BCUT2D eigenvalue weighted by atomic mass is 32.2. The number of methoxy groups -OCH3 is 2. The lowest BCUT2D eigenvalue weighted by Crippen LogP contribution is -2.16. The van der Waals surface area contributed by atoms with E-state index in [1.54, 1.807) is 6.92 Å². The molecule has 0 radical (unpaired) electrons. The summed E-state index contributed by atoms with van der Waals surface area (Å²) in [5.41, 5.74) is 1.67. The van der Waals surface area contributed by atoms with Gasteiger partial charge in [-0.3, -0.25) is 4.79 Å². The second kappa shape index (κ2) is 11.1.